The van der Waals surface area contributed by atoms with E-state index in [4.69, 9.17) is 27.9 Å². The predicted molar refractivity (Wildman–Crippen MR) is 129 cm³/mol. The van der Waals surface area contributed by atoms with Gasteiger partial charge in [0.2, 0.25) is 0 Å². The van der Waals surface area contributed by atoms with E-state index < -0.39 is 0 Å². The molecule has 2 heterocycles. The Morgan fingerprint density at radius 1 is 1.00 bits per heavy atom. The SMILES string of the molecule is Cc1cc(Cl)ccc1OCn1ccc(C(=O)Nc2c(C)nn(Cc3ccc(Cl)cc3)c2C)n1. The largest absolute Gasteiger partial charge is 0.471 e. The lowest BCUT2D eigenvalue weighted by atomic mass is 10.2. The molecule has 0 aliphatic heterocycles. The lowest BCUT2D eigenvalue weighted by molar-refractivity contribution is 0.102. The lowest BCUT2D eigenvalue weighted by Gasteiger charge is -2.09. The Labute approximate surface area is 201 Å². The maximum absolute atomic E-state index is 12.8. The second-order valence-corrected chi connectivity index (χ2v) is 8.58. The van der Waals surface area contributed by atoms with Gasteiger partial charge >= 0.3 is 0 Å². The number of hydrogen-bond acceptors (Lipinski definition) is 4. The highest BCUT2D eigenvalue weighted by Gasteiger charge is 2.17. The van der Waals surface area contributed by atoms with E-state index in [1.807, 2.05) is 61.9 Å². The van der Waals surface area contributed by atoms with Crippen LogP contribution in [0.4, 0.5) is 5.69 Å². The molecule has 2 aromatic heterocycles. The Bertz CT molecular complexity index is 1290. The zero-order chi connectivity index (χ0) is 23.5. The topological polar surface area (TPSA) is 74.0 Å². The second kappa shape index (κ2) is 9.68. The van der Waals surface area contributed by atoms with Crippen molar-refractivity contribution in [2.75, 3.05) is 5.32 Å². The van der Waals surface area contributed by atoms with Gasteiger partial charge in [0, 0.05) is 16.2 Å². The van der Waals surface area contributed by atoms with Crippen molar-refractivity contribution in [2.24, 2.45) is 0 Å². The molecule has 33 heavy (non-hydrogen) atoms. The number of anilines is 1. The van der Waals surface area contributed by atoms with E-state index in [1.165, 1.54) is 0 Å². The molecule has 7 nitrogen and oxygen atoms in total. The van der Waals surface area contributed by atoms with Crippen LogP contribution in [0.2, 0.25) is 10.0 Å². The third-order valence-electron chi connectivity index (χ3n) is 5.23. The number of nitrogens with one attached hydrogen (secondary N) is 1. The van der Waals surface area contributed by atoms with Crippen molar-refractivity contribution in [1.82, 2.24) is 19.6 Å². The highest BCUT2D eigenvalue weighted by molar-refractivity contribution is 6.30. The number of amides is 1. The molecule has 0 unspecified atom stereocenters. The zero-order valence-corrected chi connectivity index (χ0v) is 20.0. The van der Waals surface area contributed by atoms with Crippen LogP contribution in [0, 0.1) is 20.8 Å². The summed E-state index contributed by atoms with van der Waals surface area (Å²) in [5.41, 5.74) is 4.55. The minimum absolute atomic E-state index is 0.173. The van der Waals surface area contributed by atoms with Crippen molar-refractivity contribution in [1.29, 1.82) is 0 Å². The molecular weight excluding hydrogens is 461 g/mol. The Balaban J connectivity index is 1.42. The number of benzene rings is 2. The van der Waals surface area contributed by atoms with Crippen molar-refractivity contribution in [2.45, 2.75) is 34.0 Å². The first-order chi connectivity index (χ1) is 15.8. The number of ether oxygens (including phenoxy) is 1. The van der Waals surface area contributed by atoms with Crippen LogP contribution < -0.4 is 10.1 Å². The lowest BCUT2D eigenvalue weighted by Crippen LogP contribution is -2.15. The molecule has 0 atom stereocenters. The van der Waals surface area contributed by atoms with Crippen molar-refractivity contribution in [3.8, 4) is 5.75 Å². The van der Waals surface area contributed by atoms with Crippen LogP contribution in [0.15, 0.2) is 54.7 Å². The molecule has 0 spiro atoms. The Hall–Kier alpha value is -3.29. The molecule has 0 aliphatic rings. The van der Waals surface area contributed by atoms with Gasteiger partial charge in [-0.15, -0.1) is 0 Å². The van der Waals surface area contributed by atoms with Crippen LogP contribution in [-0.4, -0.2) is 25.5 Å². The first kappa shape index (κ1) is 22.9. The summed E-state index contributed by atoms with van der Waals surface area (Å²) in [6, 6.07) is 14.7. The summed E-state index contributed by atoms with van der Waals surface area (Å²) < 4.78 is 9.20. The number of aryl methyl sites for hydroxylation is 2. The van der Waals surface area contributed by atoms with Crippen LogP contribution in [0.1, 0.15) is 33.0 Å². The van der Waals surface area contributed by atoms with Gasteiger partial charge < -0.3 is 10.1 Å². The molecule has 0 bridgehead atoms. The predicted octanol–water partition coefficient (Wildman–Crippen LogP) is 5.65. The first-order valence-electron chi connectivity index (χ1n) is 10.3. The van der Waals surface area contributed by atoms with E-state index >= 15 is 0 Å². The summed E-state index contributed by atoms with van der Waals surface area (Å²) in [6.07, 6.45) is 1.70. The van der Waals surface area contributed by atoms with Gasteiger partial charge in [-0.25, -0.2) is 4.68 Å². The quantitative estimate of drug-likeness (QED) is 0.368. The van der Waals surface area contributed by atoms with Crippen LogP contribution >= 0.6 is 23.2 Å². The maximum atomic E-state index is 12.8. The van der Waals surface area contributed by atoms with Crippen LogP contribution in [-0.2, 0) is 13.3 Å². The number of aromatic nitrogens is 4. The van der Waals surface area contributed by atoms with Crippen LogP contribution in [0.3, 0.4) is 0 Å². The fourth-order valence-electron chi connectivity index (χ4n) is 3.44. The molecule has 0 fully saturated rings. The summed E-state index contributed by atoms with van der Waals surface area (Å²) in [4.78, 5) is 12.8. The second-order valence-electron chi connectivity index (χ2n) is 7.71. The van der Waals surface area contributed by atoms with E-state index in [0.717, 1.165) is 22.5 Å². The van der Waals surface area contributed by atoms with Gasteiger partial charge in [0.05, 0.1) is 23.6 Å². The first-order valence-corrected chi connectivity index (χ1v) is 11.1. The maximum Gasteiger partial charge on any atom is 0.276 e. The number of carbonyl (C=O) groups excluding carboxylic acids is 1. The van der Waals surface area contributed by atoms with Gasteiger partial charge in [-0.3, -0.25) is 9.48 Å². The molecular formula is C24H23Cl2N5O2. The summed E-state index contributed by atoms with van der Waals surface area (Å²) in [7, 11) is 0. The van der Waals surface area contributed by atoms with Crippen molar-refractivity contribution in [3.05, 3.63) is 93.0 Å². The molecule has 0 saturated carbocycles. The molecule has 0 radical (unpaired) electrons. The highest BCUT2D eigenvalue weighted by Crippen LogP contribution is 2.23. The Kier molecular flexibility index (Phi) is 6.72. The van der Waals surface area contributed by atoms with Crippen LogP contribution in [0.25, 0.3) is 0 Å². The third-order valence-corrected chi connectivity index (χ3v) is 5.72. The minimum atomic E-state index is -0.311. The molecule has 4 rings (SSSR count). The van der Waals surface area contributed by atoms with E-state index in [9.17, 15) is 4.79 Å². The van der Waals surface area contributed by atoms with Gasteiger partial charge in [-0.1, -0.05) is 35.3 Å². The van der Waals surface area contributed by atoms with E-state index in [1.54, 1.807) is 23.0 Å². The normalized spacial score (nSPS) is 10.9. The number of hydrogen-bond donors (Lipinski definition) is 1. The average molecular weight is 484 g/mol. The summed E-state index contributed by atoms with van der Waals surface area (Å²) in [6.45, 7) is 6.46. The zero-order valence-electron chi connectivity index (χ0n) is 18.5. The van der Waals surface area contributed by atoms with Gasteiger partial charge in [0.1, 0.15) is 5.75 Å². The van der Waals surface area contributed by atoms with E-state index in [-0.39, 0.29) is 18.3 Å². The molecule has 2 aromatic carbocycles. The number of rotatable bonds is 7. The van der Waals surface area contributed by atoms with E-state index in [2.05, 4.69) is 15.5 Å². The minimum Gasteiger partial charge on any atom is -0.471 e. The van der Waals surface area contributed by atoms with Gasteiger partial charge in [-0.05, 0) is 68.3 Å². The summed E-state index contributed by atoms with van der Waals surface area (Å²) in [5, 5.41) is 13.2. The molecule has 4 aromatic rings. The van der Waals surface area contributed by atoms with Crippen molar-refractivity contribution < 1.29 is 9.53 Å². The van der Waals surface area contributed by atoms with Crippen LogP contribution in [0.5, 0.6) is 5.75 Å². The Morgan fingerprint density at radius 2 is 1.73 bits per heavy atom. The molecule has 9 heteroatoms. The van der Waals surface area contributed by atoms with E-state index in [0.29, 0.717) is 28.0 Å². The molecule has 0 saturated heterocycles. The van der Waals surface area contributed by atoms with Crippen molar-refractivity contribution >= 4 is 34.8 Å². The number of nitrogens with zero attached hydrogens (tertiary/aromatic N) is 4. The summed E-state index contributed by atoms with van der Waals surface area (Å²) in [5.74, 6) is 0.397. The Morgan fingerprint density at radius 3 is 2.45 bits per heavy atom. The summed E-state index contributed by atoms with van der Waals surface area (Å²) >= 11 is 11.9. The van der Waals surface area contributed by atoms with Gasteiger partial charge in [-0.2, -0.15) is 10.2 Å². The fraction of sp³-hybridized carbons (Fsp3) is 0.208. The molecule has 0 aliphatic carbocycles. The van der Waals surface area contributed by atoms with Crippen molar-refractivity contribution in [3.63, 3.8) is 0 Å². The third kappa shape index (κ3) is 5.38. The van der Waals surface area contributed by atoms with Gasteiger partial charge in [0.15, 0.2) is 12.4 Å². The molecule has 1 N–H and O–H groups in total. The highest BCUT2D eigenvalue weighted by atomic mass is 35.5. The number of halogens is 2. The standard InChI is InChI=1S/C24H23Cl2N5O2/c1-15-12-20(26)8-9-22(15)33-14-30-11-10-21(29-30)24(32)27-23-16(2)28-31(17(23)3)13-18-4-6-19(25)7-5-18/h4-12H,13-14H2,1-3H3,(H,27,32). The smallest absolute Gasteiger partial charge is 0.276 e. The fourth-order valence-corrected chi connectivity index (χ4v) is 3.79. The molecule has 1 amide bonds. The average Bonchev–Trinajstić information content (AvgIpc) is 3.35. The monoisotopic (exact) mass is 483 g/mol. The number of carbonyl (C=O) groups is 1. The molecule has 170 valence electrons. The van der Waals surface area contributed by atoms with Gasteiger partial charge in [0.25, 0.3) is 5.91 Å².